The third-order valence-corrected chi connectivity index (χ3v) is 5.77. The van der Waals surface area contributed by atoms with Gasteiger partial charge < -0.3 is 20.7 Å². The molecule has 35 heavy (non-hydrogen) atoms. The molecule has 3 N–H and O–H groups in total. The van der Waals surface area contributed by atoms with Crippen molar-refractivity contribution < 1.29 is 23.5 Å². The molecule has 1 unspecified atom stereocenters. The van der Waals surface area contributed by atoms with E-state index in [0.717, 1.165) is 11.1 Å². The summed E-state index contributed by atoms with van der Waals surface area (Å²) in [7, 11) is 0. The fourth-order valence-electron chi connectivity index (χ4n) is 3.92. The van der Waals surface area contributed by atoms with Gasteiger partial charge in [0.05, 0.1) is 25.2 Å². The first-order chi connectivity index (χ1) is 16.6. The first-order valence-corrected chi connectivity index (χ1v) is 11.3. The Kier molecular flexibility index (Phi) is 6.72. The van der Waals surface area contributed by atoms with E-state index in [1.54, 1.807) is 22.9 Å². The predicted octanol–water partition coefficient (Wildman–Crippen LogP) is 2.59. The molecule has 184 valence electrons. The maximum atomic E-state index is 13.3. The number of nitrogens with zero attached hydrogens (tertiary/aromatic N) is 2. The fraction of sp³-hybridized carbons (Fsp3) is 0.360. The maximum absolute atomic E-state index is 13.3. The topological polar surface area (TPSA) is 114 Å². The van der Waals surface area contributed by atoms with E-state index in [1.165, 1.54) is 12.1 Å². The lowest BCUT2D eigenvalue weighted by atomic mass is 9.86. The first-order valence-electron chi connectivity index (χ1n) is 11.3. The van der Waals surface area contributed by atoms with Gasteiger partial charge in [-0.25, -0.2) is 9.18 Å². The van der Waals surface area contributed by atoms with Crippen molar-refractivity contribution in [1.29, 1.82) is 0 Å². The standard InChI is InChI=1S/C25H28FN5O4/c1-25(2,3)21(23(33)27-12-17-13-28-24(34)35-17)29-22(32)20-18-6-4-5-7-19(18)31(30-20)14-15-8-10-16(26)11-9-15/h4-11,17,21H,12-14H2,1-3H3,(H,27,33)(H,28,34)(H,29,32)/t17?,21-/m1/s1. The van der Waals surface area contributed by atoms with Crippen molar-refractivity contribution >= 4 is 28.8 Å². The average Bonchev–Trinajstić information content (AvgIpc) is 3.40. The summed E-state index contributed by atoms with van der Waals surface area (Å²) < 4.78 is 20.0. The minimum atomic E-state index is -0.860. The Morgan fingerprint density at radius 1 is 1.20 bits per heavy atom. The number of hydrogen-bond donors (Lipinski definition) is 3. The molecular formula is C25H28FN5O4. The van der Waals surface area contributed by atoms with E-state index in [9.17, 15) is 18.8 Å². The lowest BCUT2D eigenvalue weighted by molar-refractivity contribution is -0.125. The van der Waals surface area contributed by atoms with Crippen molar-refractivity contribution in [3.8, 4) is 0 Å². The number of fused-ring (bicyclic) bond motifs is 1. The Hall–Kier alpha value is -3.95. The van der Waals surface area contributed by atoms with E-state index in [2.05, 4.69) is 21.0 Å². The van der Waals surface area contributed by atoms with Crippen molar-refractivity contribution in [2.75, 3.05) is 13.1 Å². The van der Waals surface area contributed by atoms with Crippen LogP contribution in [0.3, 0.4) is 0 Å². The maximum Gasteiger partial charge on any atom is 0.407 e. The fourth-order valence-corrected chi connectivity index (χ4v) is 3.92. The number of nitrogens with one attached hydrogen (secondary N) is 3. The number of hydrogen-bond acceptors (Lipinski definition) is 5. The summed E-state index contributed by atoms with van der Waals surface area (Å²) in [5.41, 5.74) is 1.17. The quantitative estimate of drug-likeness (QED) is 0.480. The number of alkyl carbamates (subject to hydrolysis) is 1. The molecule has 0 aliphatic carbocycles. The van der Waals surface area contributed by atoms with Crippen LogP contribution in [-0.2, 0) is 16.1 Å². The molecule has 2 atom stereocenters. The molecule has 10 heteroatoms. The van der Waals surface area contributed by atoms with Crippen LogP contribution < -0.4 is 16.0 Å². The number of aromatic nitrogens is 2. The summed E-state index contributed by atoms with van der Waals surface area (Å²) in [6.07, 6.45) is -0.984. The van der Waals surface area contributed by atoms with Crippen molar-refractivity contribution in [2.45, 2.75) is 39.5 Å². The number of benzene rings is 2. The molecule has 2 heterocycles. The summed E-state index contributed by atoms with van der Waals surface area (Å²) in [5.74, 6) is -1.19. The minimum Gasteiger partial charge on any atom is -0.442 e. The van der Waals surface area contributed by atoms with Crippen molar-refractivity contribution in [3.05, 3.63) is 65.6 Å². The molecule has 0 bridgehead atoms. The minimum absolute atomic E-state index is 0.134. The van der Waals surface area contributed by atoms with Gasteiger partial charge in [0.1, 0.15) is 18.0 Å². The van der Waals surface area contributed by atoms with E-state index in [1.807, 2.05) is 39.0 Å². The Balaban J connectivity index is 1.54. The molecule has 0 saturated carbocycles. The Bertz CT molecular complexity index is 1250. The highest BCUT2D eigenvalue weighted by molar-refractivity contribution is 6.06. The van der Waals surface area contributed by atoms with Crippen LogP contribution in [0.2, 0.25) is 0 Å². The van der Waals surface area contributed by atoms with Crippen molar-refractivity contribution in [1.82, 2.24) is 25.7 Å². The average molecular weight is 482 g/mol. The molecule has 4 rings (SSSR count). The molecular weight excluding hydrogens is 453 g/mol. The van der Waals surface area contributed by atoms with Gasteiger partial charge in [-0.3, -0.25) is 14.3 Å². The first kappa shape index (κ1) is 24.2. The number of carbonyl (C=O) groups is 3. The molecule has 1 aromatic heterocycles. The van der Waals surface area contributed by atoms with E-state index in [4.69, 9.17) is 4.74 Å². The number of rotatable bonds is 7. The number of carbonyl (C=O) groups excluding carboxylic acids is 3. The van der Waals surface area contributed by atoms with Gasteiger partial charge in [-0.15, -0.1) is 0 Å². The molecule has 3 aromatic rings. The van der Waals surface area contributed by atoms with E-state index < -0.39 is 29.6 Å². The second kappa shape index (κ2) is 9.73. The SMILES string of the molecule is CC(C)(C)[C@H](NC(=O)c1nn(Cc2ccc(F)cc2)c2ccccc12)C(=O)NCC1CNC(=O)O1. The lowest BCUT2D eigenvalue weighted by Crippen LogP contribution is -2.54. The van der Waals surface area contributed by atoms with Crippen LogP contribution in [-0.4, -0.2) is 52.9 Å². The van der Waals surface area contributed by atoms with Gasteiger partial charge in [0.15, 0.2) is 5.69 Å². The highest BCUT2D eigenvalue weighted by atomic mass is 19.1. The molecule has 2 aromatic carbocycles. The molecule has 0 spiro atoms. The zero-order valence-electron chi connectivity index (χ0n) is 19.8. The molecule has 1 fully saturated rings. The highest BCUT2D eigenvalue weighted by Crippen LogP contribution is 2.23. The predicted molar refractivity (Wildman–Crippen MR) is 127 cm³/mol. The Labute approximate surface area is 202 Å². The van der Waals surface area contributed by atoms with Crippen LogP contribution in [0.15, 0.2) is 48.5 Å². The third-order valence-electron chi connectivity index (χ3n) is 5.77. The summed E-state index contributed by atoms with van der Waals surface area (Å²) in [4.78, 5) is 37.5. The monoisotopic (exact) mass is 481 g/mol. The summed E-state index contributed by atoms with van der Waals surface area (Å²) >= 11 is 0. The van der Waals surface area contributed by atoms with Gasteiger partial charge in [0.2, 0.25) is 5.91 Å². The molecule has 1 aliphatic heterocycles. The lowest BCUT2D eigenvalue weighted by Gasteiger charge is -2.30. The van der Waals surface area contributed by atoms with E-state index in [0.29, 0.717) is 18.5 Å². The van der Waals surface area contributed by atoms with Gasteiger partial charge in [-0.2, -0.15) is 5.10 Å². The van der Waals surface area contributed by atoms with Gasteiger partial charge >= 0.3 is 6.09 Å². The Morgan fingerprint density at radius 2 is 1.91 bits per heavy atom. The second-order valence-corrected chi connectivity index (χ2v) is 9.58. The third kappa shape index (κ3) is 5.59. The summed E-state index contributed by atoms with van der Waals surface area (Å²) in [6, 6.07) is 12.6. The number of amides is 3. The largest absolute Gasteiger partial charge is 0.442 e. The van der Waals surface area contributed by atoms with Crippen molar-refractivity contribution in [2.24, 2.45) is 5.41 Å². The van der Waals surface area contributed by atoms with Gasteiger partial charge in [0.25, 0.3) is 5.91 Å². The van der Waals surface area contributed by atoms with Gasteiger partial charge in [0, 0.05) is 5.39 Å². The molecule has 0 radical (unpaired) electrons. The number of para-hydroxylation sites is 1. The van der Waals surface area contributed by atoms with E-state index in [-0.39, 0.29) is 24.0 Å². The zero-order valence-corrected chi connectivity index (χ0v) is 19.8. The molecule has 1 aliphatic rings. The molecule has 1 saturated heterocycles. The number of cyclic esters (lactones) is 1. The summed E-state index contributed by atoms with van der Waals surface area (Å²) in [5, 5.41) is 13.3. The molecule has 9 nitrogen and oxygen atoms in total. The van der Waals surface area contributed by atoms with Crippen LogP contribution in [0, 0.1) is 11.2 Å². The van der Waals surface area contributed by atoms with Gasteiger partial charge in [-0.05, 0) is 29.2 Å². The summed E-state index contributed by atoms with van der Waals surface area (Å²) in [6.45, 7) is 6.34. The van der Waals surface area contributed by atoms with E-state index >= 15 is 0 Å². The highest BCUT2D eigenvalue weighted by Gasteiger charge is 2.35. The van der Waals surface area contributed by atoms with Crippen LogP contribution in [0.25, 0.3) is 10.9 Å². The smallest absolute Gasteiger partial charge is 0.407 e. The van der Waals surface area contributed by atoms with Crippen LogP contribution in [0.4, 0.5) is 9.18 Å². The Morgan fingerprint density at radius 3 is 2.57 bits per heavy atom. The zero-order chi connectivity index (χ0) is 25.2. The normalized spacial score (nSPS) is 16.5. The van der Waals surface area contributed by atoms with Crippen molar-refractivity contribution in [3.63, 3.8) is 0 Å². The number of ether oxygens (including phenoxy) is 1. The van der Waals surface area contributed by atoms with Crippen LogP contribution >= 0.6 is 0 Å². The van der Waals surface area contributed by atoms with Gasteiger partial charge in [-0.1, -0.05) is 51.1 Å². The van der Waals surface area contributed by atoms with Crippen LogP contribution in [0.5, 0.6) is 0 Å². The second-order valence-electron chi connectivity index (χ2n) is 9.58. The number of halogens is 1. The molecule has 3 amide bonds. The van der Waals surface area contributed by atoms with Crippen LogP contribution in [0.1, 0.15) is 36.8 Å².